The van der Waals surface area contributed by atoms with Gasteiger partial charge in [-0.2, -0.15) is 0 Å². The first-order chi connectivity index (χ1) is 3.43. The fraction of sp³-hybridized carbons (Fsp3) is 0. The minimum absolute atomic E-state index is 0.917. The van der Waals surface area contributed by atoms with Gasteiger partial charge < -0.3 is 10.5 Å². The summed E-state index contributed by atoms with van der Waals surface area (Å²) in [5, 5.41) is 0. The molecule has 0 saturated carbocycles. The lowest BCUT2D eigenvalue weighted by Gasteiger charge is -1.84. The third kappa shape index (κ3) is 0.738. The molecule has 0 atom stereocenters. The van der Waals surface area contributed by atoms with Gasteiger partial charge in [0.05, 0.1) is 6.26 Å². The topological polar surface area (TPSA) is 35.2 Å². The average molecular weight is 96.1 g/mol. The van der Waals surface area contributed by atoms with Crippen molar-refractivity contribution in [3.8, 4) is 0 Å². The van der Waals surface area contributed by atoms with Crippen molar-refractivity contribution in [1.29, 1.82) is 0 Å². The summed E-state index contributed by atoms with van der Waals surface area (Å²) in [6.07, 6.45) is 4.86. The van der Waals surface area contributed by atoms with Crippen LogP contribution in [-0.2, 0) is 4.74 Å². The van der Waals surface area contributed by atoms with Crippen molar-refractivity contribution >= 4 is 0 Å². The molecule has 0 aromatic heterocycles. The lowest BCUT2D eigenvalue weighted by Crippen LogP contribution is -1.81. The monoisotopic (exact) mass is 96.0 g/mol. The fourth-order valence-corrected chi connectivity index (χ4v) is 0.370. The number of hydrogen-bond acceptors (Lipinski definition) is 2. The minimum Gasteiger partial charge on any atom is -0.489 e. The smallest absolute Gasteiger partial charge is 0.165 e. The fourth-order valence-electron chi connectivity index (χ4n) is 0.370. The molecule has 2 nitrogen and oxygen atoms in total. The Morgan fingerprint density at radius 3 is 2.86 bits per heavy atom. The zero-order valence-corrected chi connectivity index (χ0v) is 3.79. The van der Waals surface area contributed by atoms with Crippen molar-refractivity contribution in [1.82, 2.24) is 0 Å². The molecule has 7 heavy (non-hydrogen) atoms. The number of hydrogen-bond donors (Lipinski definition) is 1. The third-order valence-corrected chi connectivity index (χ3v) is 0.736. The Kier molecular flexibility index (Phi) is 1.02. The molecule has 2 heteroatoms. The molecule has 2 N–H and O–H groups in total. The van der Waals surface area contributed by atoms with Gasteiger partial charge in [-0.15, -0.1) is 0 Å². The van der Waals surface area contributed by atoms with E-state index >= 15 is 0 Å². The van der Waals surface area contributed by atoms with Crippen LogP contribution >= 0.6 is 0 Å². The second kappa shape index (κ2) is 1.69. The Hall–Kier alpha value is -0.920. The van der Waals surface area contributed by atoms with Crippen LogP contribution < -0.4 is 5.73 Å². The lowest BCUT2D eigenvalue weighted by atomic mass is 10.3. The Balaban J connectivity index is 2.59. The molecule has 0 saturated heterocycles. The van der Waals surface area contributed by atoms with Gasteiger partial charge in [-0.1, -0.05) is 0 Å². The van der Waals surface area contributed by atoms with E-state index in [4.69, 9.17) is 10.5 Å². The molecule has 1 aliphatic heterocycles. The highest BCUT2D eigenvalue weighted by Crippen LogP contribution is 2.08. The maximum atomic E-state index is 5.11. The van der Waals surface area contributed by atoms with Crippen LogP contribution in [0.3, 0.4) is 0 Å². The van der Waals surface area contributed by atoms with Gasteiger partial charge in [-0.05, 0) is 6.08 Å². The SMILES string of the molecule is NC=C1[CH]OC=C1. The third-order valence-electron chi connectivity index (χ3n) is 0.736. The molecule has 0 bridgehead atoms. The molecule has 0 unspecified atom stereocenters. The van der Waals surface area contributed by atoms with E-state index < -0.39 is 0 Å². The van der Waals surface area contributed by atoms with E-state index in [1.165, 1.54) is 6.20 Å². The molecule has 0 aromatic carbocycles. The highest BCUT2D eigenvalue weighted by molar-refractivity contribution is 5.26. The summed E-state index contributed by atoms with van der Waals surface area (Å²) in [6.45, 7) is 1.58. The van der Waals surface area contributed by atoms with Gasteiger partial charge in [0.25, 0.3) is 0 Å². The predicted molar refractivity (Wildman–Crippen MR) is 26.8 cm³/mol. The zero-order valence-electron chi connectivity index (χ0n) is 3.79. The van der Waals surface area contributed by atoms with E-state index in [0.29, 0.717) is 0 Å². The van der Waals surface area contributed by atoms with E-state index in [1.54, 1.807) is 18.9 Å². The second-order valence-corrected chi connectivity index (χ2v) is 1.22. The zero-order chi connectivity index (χ0) is 5.11. The van der Waals surface area contributed by atoms with Crippen LogP contribution in [0.1, 0.15) is 0 Å². The second-order valence-electron chi connectivity index (χ2n) is 1.22. The van der Waals surface area contributed by atoms with E-state index in [9.17, 15) is 0 Å². The van der Waals surface area contributed by atoms with Gasteiger partial charge >= 0.3 is 0 Å². The summed E-state index contributed by atoms with van der Waals surface area (Å²) >= 11 is 0. The maximum absolute atomic E-state index is 5.11. The quantitative estimate of drug-likeness (QED) is 0.477. The minimum atomic E-state index is 0.917. The van der Waals surface area contributed by atoms with Crippen molar-refractivity contribution in [3.05, 3.63) is 30.7 Å². The lowest BCUT2D eigenvalue weighted by molar-refractivity contribution is 0.370. The normalized spacial score (nSPS) is 23.1. The van der Waals surface area contributed by atoms with Crippen molar-refractivity contribution in [2.45, 2.75) is 0 Å². The van der Waals surface area contributed by atoms with Crippen LogP contribution in [0, 0.1) is 6.61 Å². The molecule has 0 aromatic rings. The summed E-state index contributed by atoms with van der Waals surface area (Å²) < 4.78 is 4.69. The van der Waals surface area contributed by atoms with Crippen LogP contribution in [0.25, 0.3) is 0 Å². The van der Waals surface area contributed by atoms with Gasteiger partial charge in [0.2, 0.25) is 0 Å². The van der Waals surface area contributed by atoms with E-state index in [1.807, 2.05) is 0 Å². The molecule has 1 rings (SSSR count). The van der Waals surface area contributed by atoms with Gasteiger partial charge in [-0.25, -0.2) is 0 Å². The first-order valence-electron chi connectivity index (χ1n) is 2.00. The Labute approximate surface area is 42.3 Å². The van der Waals surface area contributed by atoms with Crippen LogP contribution in [0.15, 0.2) is 24.1 Å². The molecular weight excluding hydrogens is 90.1 g/mol. The van der Waals surface area contributed by atoms with Crippen molar-refractivity contribution in [2.24, 2.45) is 5.73 Å². The molecular formula is C5H6NO. The molecule has 1 aliphatic rings. The molecule has 1 radical (unpaired) electrons. The Morgan fingerprint density at radius 1 is 1.71 bits per heavy atom. The van der Waals surface area contributed by atoms with Crippen LogP contribution in [-0.4, -0.2) is 0 Å². The summed E-state index contributed by atoms with van der Waals surface area (Å²) in [5.74, 6) is 0. The highest BCUT2D eigenvalue weighted by atomic mass is 16.5. The van der Waals surface area contributed by atoms with Crippen molar-refractivity contribution in [3.63, 3.8) is 0 Å². The maximum Gasteiger partial charge on any atom is 0.165 e. The summed E-state index contributed by atoms with van der Waals surface area (Å²) in [4.78, 5) is 0. The van der Waals surface area contributed by atoms with Gasteiger partial charge in [0.15, 0.2) is 6.61 Å². The molecule has 37 valence electrons. The number of nitrogens with two attached hydrogens (primary N) is 1. The van der Waals surface area contributed by atoms with Crippen molar-refractivity contribution in [2.75, 3.05) is 0 Å². The standard InChI is InChI=1S/C5H6NO/c6-3-5-1-2-7-4-5/h1-4H,6H2. The first-order valence-corrected chi connectivity index (χ1v) is 2.00. The molecule has 0 amide bonds. The van der Waals surface area contributed by atoms with Gasteiger partial charge in [0, 0.05) is 11.8 Å². The largest absolute Gasteiger partial charge is 0.489 e. The average Bonchev–Trinajstić information content (AvgIpc) is 2.14. The van der Waals surface area contributed by atoms with Crippen LogP contribution in [0.5, 0.6) is 0 Å². The first kappa shape index (κ1) is 4.24. The van der Waals surface area contributed by atoms with Crippen LogP contribution in [0.4, 0.5) is 0 Å². The molecule has 1 heterocycles. The molecule has 0 fully saturated rings. The molecule has 0 aliphatic carbocycles. The highest BCUT2D eigenvalue weighted by Gasteiger charge is 1.96. The Bertz CT molecular complexity index is 112. The number of rotatable bonds is 0. The van der Waals surface area contributed by atoms with Gasteiger partial charge in [-0.3, -0.25) is 0 Å². The van der Waals surface area contributed by atoms with Gasteiger partial charge in [0.1, 0.15) is 0 Å². The summed E-state index contributed by atoms with van der Waals surface area (Å²) in [7, 11) is 0. The summed E-state index contributed by atoms with van der Waals surface area (Å²) in [5.41, 5.74) is 6.03. The molecule has 0 spiro atoms. The predicted octanol–water partition coefficient (Wildman–Crippen LogP) is 0.535. The van der Waals surface area contributed by atoms with Crippen molar-refractivity contribution < 1.29 is 4.74 Å². The van der Waals surface area contributed by atoms with E-state index in [0.717, 1.165) is 5.57 Å². The Morgan fingerprint density at radius 2 is 2.57 bits per heavy atom. The van der Waals surface area contributed by atoms with E-state index in [2.05, 4.69) is 0 Å². The number of ether oxygens (including phenoxy) is 1. The summed E-state index contributed by atoms with van der Waals surface area (Å²) in [6, 6.07) is 0. The van der Waals surface area contributed by atoms with E-state index in [-0.39, 0.29) is 0 Å². The van der Waals surface area contributed by atoms with Crippen LogP contribution in [0.2, 0.25) is 0 Å².